The summed E-state index contributed by atoms with van der Waals surface area (Å²) >= 11 is 0. The average molecular weight is 248 g/mol. The minimum absolute atomic E-state index is 0.291. The van der Waals surface area contributed by atoms with Crippen molar-refractivity contribution in [2.24, 2.45) is 5.73 Å². The number of hydrogen-bond acceptors (Lipinski definition) is 2. The van der Waals surface area contributed by atoms with E-state index >= 15 is 0 Å². The monoisotopic (exact) mass is 248 g/mol. The van der Waals surface area contributed by atoms with Crippen LogP contribution in [0.15, 0.2) is 42.5 Å². The lowest BCUT2D eigenvalue weighted by Crippen LogP contribution is -2.02. The summed E-state index contributed by atoms with van der Waals surface area (Å²) in [6, 6.07) is 11.2. The molecule has 0 fully saturated rings. The molecule has 0 unspecified atom stereocenters. The number of hydrogen-bond donors (Lipinski definition) is 2. The standard InChI is InChI=1S/C14H14F2N2/c15-12-5-6-14(13(16)7-12)18-9-11-3-1-10(8-17)2-4-11/h1-7,18H,8-9,17H2. The van der Waals surface area contributed by atoms with Gasteiger partial charge in [0, 0.05) is 19.2 Å². The molecule has 0 heterocycles. The van der Waals surface area contributed by atoms with Gasteiger partial charge in [-0.3, -0.25) is 0 Å². The van der Waals surface area contributed by atoms with Crippen molar-refractivity contribution < 1.29 is 8.78 Å². The molecule has 0 atom stereocenters. The third kappa shape index (κ3) is 3.05. The lowest BCUT2D eigenvalue weighted by molar-refractivity contribution is 0.585. The highest BCUT2D eigenvalue weighted by atomic mass is 19.1. The van der Waals surface area contributed by atoms with Gasteiger partial charge in [-0.2, -0.15) is 0 Å². The quantitative estimate of drug-likeness (QED) is 0.872. The fourth-order valence-corrected chi connectivity index (χ4v) is 1.62. The molecule has 0 aliphatic heterocycles. The van der Waals surface area contributed by atoms with Gasteiger partial charge in [0.1, 0.15) is 11.6 Å². The van der Waals surface area contributed by atoms with Crippen molar-refractivity contribution in [2.45, 2.75) is 13.1 Å². The summed E-state index contributed by atoms with van der Waals surface area (Å²) in [5, 5.41) is 2.92. The van der Waals surface area contributed by atoms with Crippen LogP contribution in [0, 0.1) is 11.6 Å². The van der Waals surface area contributed by atoms with E-state index in [9.17, 15) is 8.78 Å². The van der Waals surface area contributed by atoms with Gasteiger partial charge in [-0.15, -0.1) is 0 Å². The molecular formula is C14H14F2N2. The second kappa shape index (κ2) is 5.60. The van der Waals surface area contributed by atoms with E-state index in [1.807, 2.05) is 24.3 Å². The number of anilines is 1. The first kappa shape index (κ1) is 12.5. The molecule has 0 radical (unpaired) electrons. The predicted octanol–water partition coefficient (Wildman–Crippen LogP) is 3.04. The lowest BCUT2D eigenvalue weighted by atomic mass is 10.1. The third-order valence-corrected chi connectivity index (χ3v) is 2.67. The Morgan fingerprint density at radius 1 is 0.944 bits per heavy atom. The van der Waals surface area contributed by atoms with Gasteiger partial charge in [0.2, 0.25) is 0 Å². The second-order valence-electron chi connectivity index (χ2n) is 4.00. The molecule has 0 saturated carbocycles. The number of halogens is 2. The molecule has 3 N–H and O–H groups in total. The molecule has 0 spiro atoms. The van der Waals surface area contributed by atoms with E-state index in [0.29, 0.717) is 18.8 Å². The van der Waals surface area contributed by atoms with E-state index in [1.165, 1.54) is 12.1 Å². The molecule has 0 amide bonds. The Labute approximate surface area is 104 Å². The van der Waals surface area contributed by atoms with Crippen molar-refractivity contribution in [3.05, 3.63) is 65.2 Å². The summed E-state index contributed by atoms with van der Waals surface area (Å²) in [4.78, 5) is 0. The molecule has 0 bridgehead atoms. The van der Waals surface area contributed by atoms with Crippen LogP contribution >= 0.6 is 0 Å². The van der Waals surface area contributed by atoms with Crippen LogP contribution in [0.2, 0.25) is 0 Å². The van der Waals surface area contributed by atoms with Crippen LogP contribution in [0.3, 0.4) is 0 Å². The van der Waals surface area contributed by atoms with E-state index in [1.54, 1.807) is 0 Å². The van der Waals surface area contributed by atoms with E-state index in [0.717, 1.165) is 17.2 Å². The predicted molar refractivity (Wildman–Crippen MR) is 68.0 cm³/mol. The molecule has 2 aromatic carbocycles. The Morgan fingerprint density at radius 2 is 1.61 bits per heavy atom. The zero-order valence-electron chi connectivity index (χ0n) is 9.79. The van der Waals surface area contributed by atoms with Gasteiger partial charge in [-0.05, 0) is 23.3 Å². The maximum Gasteiger partial charge on any atom is 0.149 e. The first-order valence-electron chi connectivity index (χ1n) is 5.66. The van der Waals surface area contributed by atoms with Crippen LogP contribution in [0.1, 0.15) is 11.1 Å². The minimum Gasteiger partial charge on any atom is -0.379 e. The highest BCUT2D eigenvalue weighted by molar-refractivity contribution is 5.45. The van der Waals surface area contributed by atoms with E-state index in [-0.39, 0.29) is 0 Å². The van der Waals surface area contributed by atoms with Gasteiger partial charge < -0.3 is 11.1 Å². The zero-order valence-corrected chi connectivity index (χ0v) is 9.79. The van der Waals surface area contributed by atoms with Crippen LogP contribution in [0.4, 0.5) is 14.5 Å². The fourth-order valence-electron chi connectivity index (χ4n) is 1.62. The molecule has 2 aromatic rings. The molecule has 0 aromatic heterocycles. The lowest BCUT2D eigenvalue weighted by Gasteiger charge is -2.08. The Hall–Kier alpha value is -1.94. The topological polar surface area (TPSA) is 38.0 Å². The van der Waals surface area contributed by atoms with Crippen molar-refractivity contribution in [3.8, 4) is 0 Å². The molecule has 18 heavy (non-hydrogen) atoms. The fraction of sp³-hybridized carbons (Fsp3) is 0.143. The number of rotatable bonds is 4. The number of nitrogens with one attached hydrogen (secondary N) is 1. The highest BCUT2D eigenvalue weighted by Gasteiger charge is 2.03. The molecule has 4 heteroatoms. The first-order valence-corrected chi connectivity index (χ1v) is 5.66. The van der Waals surface area contributed by atoms with Crippen LogP contribution in [-0.4, -0.2) is 0 Å². The number of benzene rings is 2. The summed E-state index contributed by atoms with van der Waals surface area (Å²) < 4.78 is 26.1. The Morgan fingerprint density at radius 3 is 2.22 bits per heavy atom. The first-order chi connectivity index (χ1) is 8.69. The van der Waals surface area contributed by atoms with Crippen LogP contribution in [0.25, 0.3) is 0 Å². The second-order valence-corrected chi connectivity index (χ2v) is 4.00. The minimum atomic E-state index is -0.589. The molecule has 2 nitrogen and oxygen atoms in total. The van der Waals surface area contributed by atoms with Crippen molar-refractivity contribution in [1.82, 2.24) is 0 Å². The van der Waals surface area contributed by atoms with Gasteiger partial charge in [-0.1, -0.05) is 24.3 Å². The molecular weight excluding hydrogens is 234 g/mol. The summed E-state index contributed by atoms with van der Waals surface area (Å²) in [5.74, 6) is -1.17. The van der Waals surface area contributed by atoms with Crippen molar-refractivity contribution in [2.75, 3.05) is 5.32 Å². The summed E-state index contributed by atoms with van der Waals surface area (Å²) in [5.41, 5.74) is 7.85. The summed E-state index contributed by atoms with van der Waals surface area (Å²) in [6.07, 6.45) is 0. The zero-order chi connectivity index (χ0) is 13.0. The Kier molecular flexibility index (Phi) is 3.89. The van der Waals surface area contributed by atoms with E-state index in [4.69, 9.17) is 5.73 Å². The molecule has 0 saturated heterocycles. The van der Waals surface area contributed by atoms with Gasteiger partial charge in [-0.25, -0.2) is 8.78 Å². The third-order valence-electron chi connectivity index (χ3n) is 2.67. The van der Waals surface area contributed by atoms with E-state index in [2.05, 4.69) is 5.32 Å². The summed E-state index contributed by atoms with van der Waals surface area (Å²) in [7, 11) is 0. The van der Waals surface area contributed by atoms with E-state index < -0.39 is 11.6 Å². The smallest absolute Gasteiger partial charge is 0.149 e. The van der Waals surface area contributed by atoms with Gasteiger partial charge in [0.25, 0.3) is 0 Å². The Balaban J connectivity index is 2.02. The maximum atomic E-state index is 13.4. The highest BCUT2D eigenvalue weighted by Crippen LogP contribution is 2.16. The van der Waals surface area contributed by atoms with Crippen molar-refractivity contribution in [3.63, 3.8) is 0 Å². The van der Waals surface area contributed by atoms with Gasteiger partial charge in [0.15, 0.2) is 0 Å². The van der Waals surface area contributed by atoms with Crippen molar-refractivity contribution >= 4 is 5.69 Å². The van der Waals surface area contributed by atoms with Crippen molar-refractivity contribution in [1.29, 1.82) is 0 Å². The van der Waals surface area contributed by atoms with Gasteiger partial charge in [0.05, 0.1) is 5.69 Å². The normalized spacial score (nSPS) is 10.4. The average Bonchev–Trinajstić information content (AvgIpc) is 2.38. The molecule has 94 valence electrons. The largest absolute Gasteiger partial charge is 0.379 e. The number of nitrogens with two attached hydrogens (primary N) is 1. The molecule has 0 aliphatic carbocycles. The maximum absolute atomic E-state index is 13.4. The molecule has 0 aliphatic rings. The molecule has 2 rings (SSSR count). The van der Waals surface area contributed by atoms with Crippen LogP contribution in [0.5, 0.6) is 0 Å². The Bertz CT molecular complexity index is 524. The van der Waals surface area contributed by atoms with Crippen LogP contribution < -0.4 is 11.1 Å². The summed E-state index contributed by atoms with van der Waals surface area (Å²) in [6.45, 7) is 0.980. The van der Waals surface area contributed by atoms with Crippen LogP contribution in [-0.2, 0) is 13.1 Å². The van der Waals surface area contributed by atoms with Gasteiger partial charge >= 0.3 is 0 Å². The SMILES string of the molecule is NCc1ccc(CNc2ccc(F)cc2F)cc1.